The minimum absolute atomic E-state index is 0.280. The van der Waals surface area contributed by atoms with Crippen LogP contribution in [0.4, 0.5) is 0 Å². The highest BCUT2D eigenvalue weighted by Crippen LogP contribution is 1.98. The molecule has 2 aromatic heterocycles. The quantitative estimate of drug-likeness (QED) is 0.678. The zero-order chi connectivity index (χ0) is 15.1. The number of hydrazine groups is 1. The Kier molecular flexibility index (Phi) is 4.65. The summed E-state index contributed by atoms with van der Waals surface area (Å²) in [4.78, 5) is 38.4. The highest BCUT2D eigenvalue weighted by Gasteiger charge is 2.10. The molecule has 0 aromatic carbocycles. The van der Waals surface area contributed by atoms with Crippen LogP contribution < -0.4 is 16.2 Å². The van der Waals surface area contributed by atoms with Crippen LogP contribution in [0.25, 0.3) is 0 Å². The van der Waals surface area contributed by atoms with E-state index in [0.29, 0.717) is 11.1 Å². The molecule has 21 heavy (non-hydrogen) atoms. The molecule has 0 spiro atoms. The number of nitrogens with zero attached hydrogens (tertiary/aromatic N) is 1. The lowest BCUT2D eigenvalue weighted by Gasteiger charge is -2.07. The second-order valence-electron chi connectivity index (χ2n) is 3.94. The summed E-state index contributed by atoms with van der Waals surface area (Å²) >= 11 is 0. The van der Waals surface area contributed by atoms with E-state index in [0.717, 1.165) is 0 Å². The Hall–Kier alpha value is -3.16. The van der Waals surface area contributed by atoms with Crippen LogP contribution in [-0.2, 0) is 4.79 Å². The molecule has 0 bridgehead atoms. The van der Waals surface area contributed by atoms with Gasteiger partial charge in [-0.2, -0.15) is 0 Å². The fourth-order valence-corrected chi connectivity index (χ4v) is 1.40. The number of rotatable bonds is 4. The van der Waals surface area contributed by atoms with Crippen LogP contribution in [0, 0.1) is 0 Å². The van der Waals surface area contributed by atoms with Crippen molar-refractivity contribution < 1.29 is 18.8 Å². The summed E-state index contributed by atoms with van der Waals surface area (Å²) in [6.45, 7) is -0.280. The molecule has 3 N–H and O–H groups in total. The zero-order valence-corrected chi connectivity index (χ0v) is 10.8. The summed E-state index contributed by atoms with van der Waals surface area (Å²) in [6, 6.07) is 4.62. The van der Waals surface area contributed by atoms with Gasteiger partial charge in [-0.3, -0.25) is 30.2 Å². The van der Waals surface area contributed by atoms with E-state index in [-0.39, 0.29) is 6.54 Å². The van der Waals surface area contributed by atoms with Gasteiger partial charge < -0.3 is 9.73 Å². The van der Waals surface area contributed by atoms with E-state index in [1.54, 1.807) is 12.1 Å². The average Bonchev–Trinajstić information content (AvgIpc) is 3.05. The lowest BCUT2D eigenvalue weighted by atomic mass is 10.3. The first-order valence-corrected chi connectivity index (χ1v) is 5.96. The third kappa shape index (κ3) is 4.16. The first-order chi connectivity index (χ1) is 10.2. The van der Waals surface area contributed by atoms with E-state index in [4.69, 9.17) is 4.42 Å². The summed E-state index contributed by atoms with van der Waals surface area (Å²) in [5.41, 5.74) is 5.00. The van der Waals surface area contributed by atoms with Crippen LogP contribution in [-0.4, -0.2) is 29.3 Å². The molecule has 2 aromatic rings. The van der Waals surface area contributed by atoms with Crippen molar-refractivity contribution in [3.63, 3.8) is 0 Å². The predicted molar refractivity (Wildman–Crippen MR) is 70.9 cm³/mol. The van der Waals surface area contributed by atoms with E-state index in [9.17, 15) is 14.4 Å². The first-order valence-electron chi connectivity index (χ1n) is 5.96. The van der Waals surface area contributed by atoms with Crippen LogP contribution in [0.3, 0.4) is 0 Å². The molecule has 0 aliphatic heterocycles. The van der Waals surface area contributed by atoms with Gasteiger partial charge in [0.25, 0.3) is 17.7 Å². The number of nitrogens with one attached hydrogen (secondary N) is 3. The Bertz CT molecular complexity index is 625. The Balaban J connectivity index is 1.73. The monoisotopic (exact) mass is 288 g/mol. The summed E-state index contributed by atoms with van der Waals surface area (Å²) in [7, 11) is 0. The number of hydrogen-bond acceptors (Lipinski definition) is 5. The van der Waals surface area contributed by atoms with Gasteiger partial charge in [-0.1, -0.05) is 0 Å². The van der Waals surface area contributed by atoms with Gasteiger partial charge in [0.15, 0.2) is 0 Å². The molecule has 0 aliphatic rings. The predicted octanol–water partition coefficient (Wildman–Crippen LogP) is -0.134. The maximum atomic E-state index is 11.6. The molecule has 0 atom stereocenters. The number of carbonyl (C=O) groups is 3. The molecule has 0 radical (unpaired) electrons. The van der Waals surface area contributed by atoms with Crippen molar-refractivity contribution in [2.75, 3.05) is 6.54 Å². The van der Waals surface area contributed by atoms with Gasteiger partial charge >= 0.3 is 0 Å². The van der Waals surface area contributed by atoms with Gasteiger partial charge in [0.2, 0.25) is 0 Å². The summed E-state index contributed by atoms with van der Waals surface area (Å²) in [5, 5.41) is 2.37. The molecule has 2 rings (SSSR count). The molecule has 108 valence electrons. The molecule has 8 nitrogen and oxygen atoms in total. The second-order valence-corrected chi connectivity index (χ2v) is 3.94. The van der Waals surface area contributed by atoms with Crippen LogP contribution in [0.2, 0.25) is 0 Å². The minimum atomic E-state index is -0.566. The van der Waals surface area contributed by atoms with Gasteiger partial charge in [0.05, 0.1) is 23.9 Å². The van der Waals surface area contributed by atoms with E-state index >= 15 is 0 Å². The Labute approximate surface area is 119 Å². The Morgan fingerprint density at radius 3 is 2.62 bits per heavy atom. The molecule has 0 aliphatic carbocycles. The average molecular weight is 288 g/mol. The third-order valence-electron chi connectivity index (χ3n) is 2.43. The Morgan fingerprint density at radius 2 is 1.95 bits per heavy atom. The number of amides is 3. The largest absolute Gasteiger partial charge is 0.472 e. The molecule has 0 fully saturated rings. The topological polar surface area (TPSA) is 113 Å². The highest BCUT2D eigenvalue weighted by atomic mass is 16.3. The SMILES string of the molecule is O=C(CNC(=O)c1ccoc1)NNC(=O)c1cccnc1. The lowest BCUT2D eigenvalue weighted by Crippen LogP contribution is -2.46. The van der Waals surface area contributed by atoms with Crippen molar-refractivity contribution >= 4 is 17.7 Å². The maximum Gasteiger partial charge on any atom is 0.271 e. The van der Waals surface area contributed by atoms with Gasteiger partial charge in [0, 0.05) is 12.4 Å². The lowest BCUT2D eigenvalue weighted by molar-refractivity contribution is -0.120. The minimum Gasteiger partial charge on any atom is -0.472 e. The molecule has 2 heterocycles. The highest BCUT2D eigenvalue weighted by molar-refractivity contribution is 5.97. The fraction of sp³-hybridized carbons (Fsp3) is 0.0769. The first kappa shape index (κ1) is 14.3. The Morgan fingerprint density at radius 1 is 1.10 bits per heavy atom. The molecule has 8 heteroatoms. The molecule has 0 saturated heterocycles. The van der Waals surface area contributed by atoms with E-state index in [2.05, 4.69) is 21.2 Å². The molecule has 0 saturated carbocycles. The molecule has 0 unspecified atom stereocenters. The number of furan rings is 1. The van der Waals surface area contributed by atoms with Crippen molar-refractivity contribution in [2.24, 2.45) is 0 Å². The van der Waals surface area contributed by atoms with Crippen LogP contribution >= 0.6 is 0 Å². The van der Waals surface area contributed by atoms with Crippen molar-refractivity contribution in [3.8, 4) is 0 Å². The van der Waals surface area contributed by atoms with E-state index in [1.807, 2.05) is 0 Å². The van der Waals surface area contributed by atoms with Gasteiger partial charge in [0.1, 0.15) is 6.26 Å². The molecular formula is C13H12N4O4. The van der Waals surface area contributed by atoms with Crippen molar-refractivity contribution in [2.45, 2.75) is 0 Å². The van der Waals surface area contributed by atoms with Gasteiger partial charge in [-0.15, -0.1) is 0 Å². The summed E-state index contributed by atoms with van der Waals surface area (Å²) < 4.78 is 4.75. The number of pyridine rings is 1. The van der Waals surface area contributed by atoms with Crippen molar-refractivity contribution in [1.29, 1.82) is 0 Å². The van der Waals surface area contributed by atoms with Crippen molar-refractivity contribution in [1.82, 2.24) is 21.2 Å². The summed E-state index contributed by atoms with van der Waals surface area (Å²) in [5.74, 6) is -1.51. The third-order valence-corrected chi connectivity index (χ3v) is 2.43. The van der Waals surface area contributed by atoms with Gasteiger partial charge in [-0.25, -0.2) is 0 Å². The maximum absolute atomic E-state index is 11.6. The van der Waals surface area contributed by atoms with E-state index < -0.39 is 17.7 Å². The number of aromatic nitrogens is 1. The molecule has 3 amide bonds. The summed E-state index contributed by atoms with van der Waals surface area (Å²) in [6.07, 6.45) is 5.50. The normalized spacial score (nSPS) is 9.71. The second kappa shape index (κ2) is 6.85. The van der Waals surface area contributed by atoms with E-state index in [1.165, 1.54) is 31.0 Å². The van der Waals surface area contributed by atoms with Crippen LogP contribution in [0.15, 0.2) is 47.5 Å². The van der Waals surface area contributed by atoms with Crippen molar-refractivity contribution in [3.05, 3.63) is 54.2 Å². The zero-order valence-electron chi connectivity index (χ0n) is 10.8. The molecular weight excluding hydrogens is 276 g/mol. The number of hydrogen-bond donors (Lipinski definition) is 3. The fourth-order valence-electron chi connectivity index (χ4n) is 1.40. The number of carbonyl (C=O) groups excluding carboxylic acids is 3. The van der Waals surface area contributed by atoms with Crippen LogP contribution in [0.1, 0.15) is 20.7 Å². The van der Waals surface area contributed by atoms with Gasteiger partial charge in [-0.05, 0) is 18.2 Å². The standard InChI is InChI=1S/C13H12N4O4/c18-11(7-15-12(19)10-3-5-21-8-10)16-17-13(20)9-2-1-4-14-6-9/h1-6,8H,7H2,(H,15,19)(H,16,18)(H,17,20). The smallest absolute Gasteiger partial charge is 0.271 e. The van der Waals surface area contributed by atoms with Crippen LogP contribution in [0.5, 0.6) is 0 Å².